The first kappa shape index (κ1) is 15.8. The van der Waals surface area contributed by atoms with E-state index in [-0.39, 0.29) is 4.90 Å². The van der Waals surface area contributed by atoms with E-state index >= 15 is 0 Å². The van der Waals surface area contributed by atoms with Crippen LogP contribution in [0, 0.1) is 0 Å². The molecule has 0 atom stereocenters. The molecule has 0 aliphatic rings. The lowest BCUT2D eigenvalue weighted by Crippen LogP contribution is -2.18. The van der Waals surface area contributed by atoms with Crippen molar-refractivity contribution in [2.45, 2.75) is 11.8 Å². The lowest BCUT2D eigenvalue weighted by atomic mass is 10.1. The van der Waals surface area contributed by atoms with Crippen molar-refractivity contribution in [1.82, 2.24) is 0 Å². The maximum atomic E-state index is 12.4. The molecule has 0 amide bonds. The summed E-state index contributed by atoms with van der Waals surface area (Å²) in [7, 11) is -4.93. The van der Waals surface area contributed by atoms with E-state index in [2.05, 4.69) is 0 Å². The van der Waals surface area contributed by atoms with Crippen LogP contribution in [-0.2, 0) is 17.7 Å². The van der Waals surface area contributed by atoms with Gasteiger partial charge < -0.3 is 4.90 Å². The Balaban J connectivity index is 2.88. The van der Waals surface area contributed by atoms with Crippen LogP contribution < -0.4 is 4.90 Å². The molecule has 0 aliphatic carbocycles. The Bertz CT molecular complexity index is 884. The van der Waals surface area contributed by atoms with Gasteiger partial charge in [-0.1, -0.05) is 31.2 Å². The maximum Gasteiger partial charge on any atom is 0.282 e. The molecule has 0 spiro atoms. The summed E-state index contributed by atoms with van der Waals surface area (Å²) < 4.78 is 48.5. The third-order valence-electron chi connectivity index (χ3n) is 3.30. The largest absolute Gasteiger partial charge is 0.377 e. The fourth-order valence-electron chi connectivity index (χ4n) is 2.16. The smallest absolute Gasteiger partial charge is 0.282 e. The quantitative estimate of drug-likeness (QED) is 0.804. The van der Waals surface area contributed by atoms with Crippen molar-refractivity contribution in [2.24, 2.45) is 0 Å². The maximum absolute atomic E-state index is 12.4. The molecule has 2 aromatic carbocycles. The van der Waals surface area contributed by atoms with Crippen molar-refractivity contribution < 1.29 is 16.8 Å². The van der Waals surface area contributed by atoms with Gasteiger partial charge in [0.25, 0.3) is 17.7 Å². The zero-order valence-corrected chi connectivity index (χ0v) is 13.7. The minimum atomic E-state index is -4.40. The Morgan fingerprint density at radius 3 is 2.05 bits per heavy atom. The first-order chi connectivity index (χ1) is 9.72. The summed E-state index contributed by atoms with van der Waals surface area (Å²) in [6.45, 7) is 1.32. The average Bonchev–Trinajstić information content (AvgIpc) is 2.45. The third-order valence-corrected chi connectivity index (χ3v) is 8.82. The molecule has 0 unspecified atom stereocenters. The minimum Gasteiger partial charge on any atom is -0.377 e. The van der Waals surface area contributed by atoms with Gasteiger partial charge in [-0.05, 0) is 12.1 Å². The number of benzene rings is 2. The topological polar surface area (TPSA) is 71.5 Å². The Kier molecular flexibility index (Phi) is 3.99. The van der Waals surface area contributed by atoms with E-state index in [1.165, 1.54) is 13.0 Å². The number of hydrogen-bond donors (Lipinski definition) is 0. The van der Waals surface area contributed by atoms with E-state index in [9.17, 15) is 16.8 Å². The summed E-state index contributed by atoms with van der Waals surface area (Å²) in [5.41, 5.74) is 0.832. The summed E-state index contributed by atoms with van der Waals surface area (Å²) in [5, 5.41) is 1.12. The molecule has 2 rings (SSSR count). The second-order valence-corrected chi connectivity index (χ2v) is 10.7. The molecule has 0 aromatic heterocycles. The molecule has 0 heterocycles. The molecule has 5 nitrogen and oxygen atoms in total. The molecule has 0 saturated carbocycles. The van der Waals surface area contributed by atoms with E-state index < -0.39 is 23.5 Å². The van der Waals surface area contributed by atoms with E-state index in [0.717, 1.165) is 5.69 Å². The number of fused-ring (bicyclic) bond motifs is 1. The summed E-state index contributed by atoms with van der Waals surface area (Å²) in [6, 6.07) is 9.88. The monoisotopic (exact) mass is 327 g/mol. The van der Waals surface area contributed by atoms with Crippen molar-refractivity contribution in [2.75, 3.05) is 24.7 Å². The molecule has 0 radical (unpaired) electrons. The van der Waals surface area contributed by atoms with Crippen LogP contribution >= 0.6 is 0 Å². The summed E-state index contributed by atoms with van der Waals surface area (Å²) in [5.74, 6) is -0.445. The van der Waals surface area contributed by atoms with Crippen LogP contribution in [0.2, 0.25) is 0 Å². The number of anilines is 1. The Morgan fingerprint density at radius 2 is 1.48 bits per heavy atom. The molecule has 21 heavy (non-hydrogen) atoms. The SMILES string of the molecule is CCS(=O)(=O)S(=O)(=O)c1cccc2c(N(C)C)cccc12. The van der Waals surface area contributed by atoms with Gasteiger partial charge in [0.2, 0.25) is 0 Å². The fourth-order valence-corrected chi connectivity index (χ4v) is 5.63. The van der Waals surface area contributed by atoms with Crippen molar-refractivity contribution in [1.29, 1.82) is 0 Å². The zero-order chi connectivity index (χ0) is 15.8. The molecule has 0 saturated heterocycles. The van der Waals surface area contributed by atoms with Gasteiger partial charge in [-0.15, -0.1) is 0 Å². The molecule has 7 heteroatoms. The summed E-state index contributed by atoms with van der Waals surface area (Å²) in [4.78, 5) is 1.69. The lowest BCUT2D eigenvalue weighted by Gasteiger charge is -2.16. The molecule has 0 bridgehead atoms. The first-order valence-electron chi connectivity index (χ1n) is 6.39. The van der Waals surface area contributed by atoms with Crippen LogP contribution in [0.15, 0.2) is 41.3 Å². The normalized spacial score (nSPS) is 12.5. The highest BCUT2D eigenvalue weighted by atomic mass is 33.2. The van der Waals surface area contributed by atoms with E-state index in [4.69, 9.17) is 0 Å². The molecule has 0 N–H and O–H groups in total. The first-order valence-corrected chi connectivity index (χ1v) is 10.0. The molecule has 0 aliphatic heterocycles. The zero-order valence-electron chi connectivity index (χ0n) is 12.1. The number of nitrogens with zero attached hydrogens (tertiary/aromatic N) is 1. The van der Waals surface area contributed by atoms with Gasteiger partial charge in [-0.3, -0.25) is 0 Å². The van der Waals surface area contributed by atoms with Crippen molar-refractivity contribution >= 4 is 34.2 Å². The number of hydrogen-bond acceptors (Lipinski definition) is 5. The highest BCUT2D eigenvalue weighted by Gasteiger charge is 2.31. The Labute approximate surface area is 124 Å². The van der Waals surface area contributed by atoms with Gasteiger partial charge in [0.05, 0.1) is 10.6 Å². The van der Waals surface area contributed by atoms with Crippen molar-refractivity contribution in [3.05, 3.63) is 36.4 Å². The van der Waals surface area contributed by atoms with Crippen molar-refractivity contribution in [3.8, 4) is 0 Å². The second-order valence-electron chi connectivity index (χ2n) is 4.82. The Morgan fingerprint density at radius 1 is 0.905 bits per heavy atom. The van der Waals surface area contributed by atoms with Crippen LogP contribution in [0.25, 0.3) is 10.8 Å². The molecule has 0 fully saturated rings. The molecular weight excluding hydrogens is 310 g/mol. The second kappa shape index (κ2) is 5.31. The van der Waals surface area contributed by atoms with E-state index in [0.29, 0.717) is 10.8 Å². The summed E-state index contributed by atoms with van der Waals surface area (Å²) >= 11 is 0. The van der Waals surface area contributed by atoms with Gasteiger partial charge in [-0.2, -0.15) is 0 Å². The van der Waals surface area contributed by atoms with Crippen LogP contribution in [0.5, 0.6) is 0 Å². The highest BCUT2D eigenvalue weighted by Crippen LogP contribution is 2.32. The van der Waals surface area contributed by atoms with Crippen LogP contribution in [0.4, 0.5) is 5.69 Å². The number of rotatable bonds is 4. The van der Waals surface area contributed by atoms with Crippen molar-refractivity contribution in [3.63, 3.8) is 0 Å². The van der Waals surface area contributed by atoms with Crippen LogP contribution in [-0.4, -0.2) is 36.7 Å². The molecule has 2 aromatic rings. The van der Waals surface area contributed by atoms with E-state index in [1.807, 2.05) is 25.1 Å². The Hall–Kier alpha value is -1.60. The average molecular weight is 327 g/mol. The van der Waals surface area contributed by atoms with Gasteiger partial charge >= 0.3 is 0 Å². The van der Waals surface area contributed by atoms with Crippen LogP contribution in [0.3, 0.4) is 0 Å². The van der Waals surface area contributed by atoms with Gasteiger partial charge in [0, 0.05) is 30.6 Å². The standard InChI is InChI=1S/C14H17NO4S2/c1-4-20(16,17)21(18,19)14-10-6-7-11-12(14)8-5-9-13(11)15(2)3/h5-10H,4H2,1-3H3. The minimum absolute atomic E-state index is 0.162. The predicted molar refractivity (Wildman–Crippen MR) is 84.9 cm³/mol. The highest BCUT2D eigenvalue weighted by molar-refractivity contribution is 8.67. The predicted octanol–water partition coefficient (Wildman–Crippen LogP) is 2.03. The summed E-state index contributed by atoms with van der Waals surface area (Å²) in [6.07, 6.45) is 0. The molecule has 114 valence electrons. The molecular formula is C14H17NO4S2. The van der Waals surface area contributed by atoms with Gasteiger partial charge in [-0.25, -0.2) is 16.8 Å². The fraction of sp³-hybridized carbons (Fsp3) is 0.286. The van der Waals surface area contributed by atoms with Crippen LogP contribution in [0.1, 0.15) is 6.92 Å². The lowest BCUT2D eigenvalue weighted by molar-refractivity contribution is 0.584. The van der Waals surface area contributed by atoms with Gasteiger partial charge in [0.15, 0.2) is 0 Å². The van der Waals surface area contributed by atoms with E-state index in [1.54, 1.807) is 24.3 Å². The third kappa shape index (κ3) is 2.51. The van der Waals surface area contributed by atoms with Gasteiger partial charge in [0.1, 0.15) is 0 Å².